The van der Waals surface area contributed by atoms with Crippen LogP contribution in [0.5, 0.6) is 0 Å². The van der Waals surface area contributed by atoms with Crippen LogP contribution < -0.4 is 5.32 Å². The van der Waals surface area contributed by atoms with Crippen LogP contribution in [0.1, 0.15) is 29.9 Å². The number of anilines is 1. The summed E-state index contributed by atoms with van der Waals surface area (Å²) in [5.41, 5.74) is 2.72. The predicted molar refractivity (Wildman–Crippen MR) is 104 cm³/mol. The first kappa shape index (κ1) is 19.9. The van der Waals surface area contributed by atoms with E-state index in [2.05, 4.69) is 5.32 Å². The molecule has 2 aromatic rings. The Morgan fingerprint density at radius 3 is 2.42 bits per heavy atom. The van der Waals surface area contributed by atoms with Crippen LogP contribution in [0.25, 0.3) is 0 Å². The van der Waals surface area contributed by atoms with Crippen LogP contribution in [-0.2, 0) is 14.9 Å². The summed E-state index contributed by atoms with van der Waals surface area (Å²) >= 11 is 0. The molecule has 0 aliphatic carbocycles. The molecular weight excluding hydrogens is 350 g/mol. The van der Waals surface area contributed by atoms with Gasteiger partial charge in [-0.15, -0.1) is 0 Å². The van der Waals surface area contributed by atoms with Crippen molar-refractivity contribution in [1.29, 1.82) is 0 Å². The molecule has 5 nitrogen and oxygen atoms in total. The highest BCUT2D eigenvalue weighted by molar-refractivity contribution is 7.85. The maximum Gasteiger partial charge on any atom is 0.264 e. The summed E-state index contributed by atoms with van der Waals surface area (Å²) in [6, 6.07) is 17.1. The van der Waals surface area contributed by atoms with E-state index in [4.69, 9.17) is 4.55 Å². The molecule has 1 unspecified atom stereocenters. The van der Waals surface area contributed by atoms with Gasteiger partial charge in [0.1, 0.15) is 0 Å². The van der Waals surface area contributed by atoms with Crippen molar-refractivity contribution < 1.29 is 17.8 Å². The second-order valence-corrected chi connectivity index (χ2v) is 7.68. The first-order chi connectivity index (χ1) is 12.3. The lowest BCUT2D eigenvalue weighted by molar-refractivity contribution is -0.111. The third-order valence-corrected chi connectivity index (χ3v) is 4.83. The summed E-state index contributed by atoms with van der Waals surface area (Å²) in [6.45, 7) is 1.92. The van der Waals surface area contributed by atoms with Crippen LogP contribution in [-0.4, -0.2) is 24.6 Å². The molecule has 0 heterocycles. The highest BCUT2D eigenvalue weighted by Gasteiger charge is 2.11. The molecule has 138 valence electrons. The standard InChI is InChI=1S/C20H23NO4S/c1-16-8-5-6-12-19(16)21-20(22)14-13-18(11-7-15-26(23,24)25)17-9-3-2-4-10-17/h2-6,8-10,12-14,18H,7,11,15H2,1H3,(H,21,22)(H,23,24,25). The number of hydrogen-bond acceptors (Lipinski definition) is 3. The van der Waals surface area contributed by atoms with Crippen LogP contribution in [0.3, 0.4) is 0 Å². The summed E-state index contributed by atoms with van der Waals surface area (Å²) in [5, 5.41) is 2.84. The van der Waals surface area contributed by atoms with Gasteiger partial charge < -0.3 is 5.32 Å². The van der Waals surface area contributed by atoms with E-state index in [0.29, 0.717) is 12.8 Å². The third-order valence-electron chi connectivity index (χ3n) is 4.03. The van der Waals surface area contributed by atoms with E-state index in [9.17, 15) is 13.2 Å². The number of rotatable bonds is 8. The van der Waals surface area contributed by atoms with Crippen LogP contribution in [0, 0.1) is 6.92 Å². The van der Waals surface area contributed by atoms with E-state index in [-0.39, 0.29) is 17.6 Å². The largest absolute Gasteiger partial charge is 0.322 e. The van der Waals surface area contributed by atoms with Gasteiger partial charge in [-0.25, -0.2) is 0 Å². The number of carbonyl (C=O) groups is 1. The van der Waals surface area contributed by atoms with Gasteiger partial charge in [0.25, 0.3) is 10.1 Å². The van der Waals surface area contributed by atoms with Crippen molar-refractivity contribution in [3.05, 3.63) is 77.9 Å². The molecule has 2 rings (SSSR count). The number of aryl methyl sites for hydroxylation is 1. The average molecular weight is 373 g/mol. The zero-order valence-electron chi connectivity index (χ0n) is 14.6. The molecule has 2 N–H and O–H groups in total. The van der Waals surface area contributed by atoms with Crippen molar-refractivity contribution in [2.75, 3.05) is 11.1 Å². The van der Waals surface area contributed by atoms with Gasteiger partial charge in [-0.05, 0) is 43.0 Å². The van der Waals surface area contributed by atoms with Gasteiger partial charge in [0.15, 0.2) is 0 Å². The zero-order valence-corrected chi connectivity index (χ0v) is 15.4. The fourth-order valence-corrected chi connectivity index (χ4v) is 3.18. The van der Waals surface area contributed by atoms with Gasteiger partial charge >= 0.3 is 0 Å². The fraction of sp³-hybridized carbons (Fsp3) is 0.250. The van der Waals surface area contributed by atoms with Gasteiger partial charge in [0.2, 0.25) is 5.91 Å². The molecule has 6 heteroatoms. The van der Waals surface area contributed by atoms with Gasteiger partial charge in [-0.3, -0.25) is 9.35 Å². The third kappa shape index (κ3) is 6.82. The molecule has 0 spiro atoms. The Balaban J connectivity index is 2.06. The minimum absolute atomic E-state index is 0.111. The molecule has 0 aliphatic rings. The van der Waals surface area contributed by atoms with E-state index >= 15 is 0 Å². The molecule has 0 aliphatic heterocycles. The minimum Gasteiger partial charge on any atom is -0.322 e. The summed E-state index contributed by atoms with van der Waals surface area (Å²) in [6.07, 6.45) is 4.06. The smallest absolute Gasteiger partial charge is 0.264 e. The number of hydrogen-bond donors (Lipinski definition) is 2. The molecular formula is C20H23NO4S. The molecule has 1 atom stereocenters. The quantitative estimate of drug-likeness (QED) is 0.542. The Kier molecular flexibility index (Phi) is 7.12. The maximum atomic E-state index is 12.2. The Bertz CT molecular complexity index is 860. The first-order valence-corrected chi connectivity index (χ1v) is 10.0. The van der Waals surface area contributed by atoms with Gasteiger partial charge in [-0.1, -0.05) is 54.6 Å². The fourth-order valence-electron chi connectivity index (χ4n) is 2.65. The zero-order chi connectivity index (χ0) is 19.0. The molecule has 1 amide bonds. The Hall–Kier alpha value is -2.44. The van der Waals surface area contributed by atoms with Gasteiger partial charge in [0.05, 0.1) is 5.75 Å². The molecule has 0 saturated heterocycles. The first-order valence-electron chi connectivity index (χ1n) is 8.40. The highest BCUT2D eigenvalue weighted by Crippen LogP contribution is 2.23. The monoisotopic (exact) mass is 373 g/mol. The number of amides is 1. The van der Waals surface area contributed by atoms with E-state index in [0.717, 1.165) is 16.8 Å². The molecule has 26 heavy (non-hydrogen) atoms. The summed E-state index contributed by atoms with van der Waals surface area (Å²) in [7, 11) is -3.98. The number of carbonyl (C=O) groups excluding carboxylic acids is 1. The maximum absolute atomic E-state index is 12.2. The number of benzene rings is 2. The summed E-state index contributed by atoms with van der Waals surface area (Å²) < 4.78 is 30.7. The van der Waals surface area contributed by atoms with Crippen LogP contribution >= 0.6 is 0 Å². The lowest BCUT2D eigenvalue weighted by Gasteiger charge is -2.13. The van der Waals surface area contributed by atoms with E-state index in [1.165, 1.54) is 6.08 Å². The number of nitrogens with one attached hydrogen (secondary N) is 1. The molecule has 0 fully saturated rings. The normalized spacial score (nSPS) is 12.8. The molecule has 0 bridgehead atoms. The Labute approximate surface area is 154 Å². The molecule has 0 saturated carbocycles. The average Bonchev–Trinajstić information content (AvgIpc) is 2.60. The molecule has 2 aromatic carbocycles. The van der Waals surface area contributed by atoms with Crippen LogP contribution in [0.4, 0.5) is 5.69 Å². The summed E-state index contributed by atoms with van der Waals surface area (Å²) in [4.78, 5) is 12.2. The van der Waals surface area contributed by atoms with Crippen LogP contribution in [0.15, 0.2) is 66.7 Å². The van der Waals surface area contributed by atoms with Crippen molar-refractivity contribution in [1.82, 2.24) is 0 Å². The van der Waals surface area contributed by atoms with Gasteiger partial charge in [0, 0.05) is 11.6 Å². The Morgan fingerprint density at radius 1 is 1.12 bits per heavy atom. The predicted octanol–water partition coefficient (Wildman–Crippen LogP) is 3.94. The minimum atomic E-state index is -3.98. The molecule has 0 aromatic heterocycles. The number of allylic oxidation sites excluding steroid dienone is 1. The lowest BCUT2D eigenvalue weighted by Crippen LogP contribution is -2.10. The van der Waals surface area contributed by atoms with E-state index in [1.807, 2.05) is 61.5 Å². The number of para-hydroxylation sites is 1. The van der Waals surface area contributed by atoms with Crippen LogP contribution in [0.2, 0.25) is 0 Å². The van der Waals surface area contributed by atoms with Crippen molar-refractivity contribution in [2.45, 2.75) is 25.7 Å². The Morgan fingerprint density at radius 2 is 1.77 bits per heavy atom. The van der Waals surface area contributed by atoms with Crippen molar-refractivity contribution in [3.63, 3.8) is 0 Å². The topological polar surface area (TPSA) is 83.5 Å². The second-order valence-electron chi connectivity index (χ2n) is 6.11. The van der Waals surface area contributed by atoms with Gasteiger partial charge in [-0.2, -0.15) is 8.42 Å². The van der Waals surface area contributed by atoms with Crippen molar-refractivity contribution in [3.8, 4) is 0 Å². The van der Waals surface area contributed by atoms with E-state index < -0.39 is 10.1 Å². The highest BCUT2D eigenvalue weighted by atomic mass is 32.2. The molecule has 0 radical (unpaired) electrons. The van der Waals surface area contributed by atoms with Crippen molar-refractivity contribution in [2.24, 2.45) is 0 Å². The second kappa shape index (κ2) is 9.31. The SMILES string of the molecule is Cc1ccccc1NC(=O)C=CC(CCCS(=O)(=O)O)c1ccccc1. The van der Waals surface area contributed by atoms with E-state index in [1.54, 1.807) is 6.08 Å². The van der Waals surface area contributed by atoms with Crippen molar-refractivity contribution >= 4 is 21.7 Å². The lowest BCUT2D eigenvalue weighted by atomic mass is 9.94. The summed E-state index contributed by atoms with van der Waals surface area (Å²) in [5.74, 6) is -0.643.